The SMILES string of the molecule is N#Cc1ccc(-c2ccc(N3CCOCC3N)cn2)cc1. The Kier molecular flexibility index (Phi) is 3.82. The van der Waals surface area contributed by atoms with Gasteiger partial charge in [-0.15, -0.1) is 0 Å². The van der Waals surface area contributed by atoms with Crippen molar-refractivity contribution in [2.75, 3.05) is 24.7 Å². The van der Waals surface area contributed by atoms with E-state index in [-0.39, 0.29) is 6.17 Å². The van der Waals surface area contributed by atoms with Gasteiger partial charge in [0.2, 0.25) is 0 Å². The normalized spacial score (nSPS) is 18.3. The third-order valence-corrected chi connectivity index (χ3v) is 3.55. The third-order valence-electron chi connectivity index (χ3n) is 3.55. The third kappa shape index (κ3) is 2.87. The molecule has 2 aromatic rings. The summed E-state index contributed by atoms with van der Waals surface area (Å²) in [6.07, 6.45) is 1.71. The minimum atomic E-state index is -0.124. The Morgan fingerprint density at radius 2 is 2.05 bits per heavy atom. The van der Waals surface area contributed by atoms with Crippen molar-refractivity contribution in [1.82, 2.24) is 4.98 Å². The van der Waals surface area contributed by atoms with E-state index in [4.69, 9.17) is 15.7 Å². The smallest absolute Gasteiger partial charge is 0.101 e. The number of hydrogen-bond acceptors (Lipinski definition) is 5. The largest absolute Gasteiger partial charge is 0.376 e. The summed E-state index contributed by atoms with van der Waals surface area (Å²) >= 11 is 0. The molecule has 1 saturated heterocycles. The summed E-state index contributed by atoms with van der Waals surface area (Å²) in [6, 6.07) is 13.5. The minimum Gasteiger partial charge on any atom is -0.376 e. The predicted molar refractivity (Wildman–Crippen MR) is 80.5 cm³/mol. The molecular formula is C16H16N4O. The molecule has 1 aromatic carbocycles. The maximum atomic E-state index is 8.81. The molecule has 0 radical (unpaired) electrons. The number of rotatable bonds is 2. The summed E-state index contributed by atoms with van der Waals surface area (Å²) in [5.74, 6) is 0. The highest BCUT2D eigenvalue weighted by molar-refractivity contribution is 5.62. The Bertz CT molecular complexity index is 645. The fourth-order valence-corrected chi connectivity index (χ4v) is 2.39. The Morgan fingerprint density at radius 3 is 2.67 bits per heavy atom. The molecule has 1 fully saturated rings. The van der Waals surface area contributed by atoms with Crippen LogP contribution >= 0.6 is 0 Å². The summed E-state index contributed by atoms with van der Waals surface area (Å²) in [5, 5.41) is 8.81. The van der Waals surface area contributed by atoms with E-state index in [2.05, 4.69) is 16.0 Å². The maximum absolute atomic E-state index is 8.81. The van der Waals surface area contributed by atoms with E-state index in [1.807, 2.05) is 30.5 Å². The Labute approximate surface area is 123 Å². The van der Waals surface area contributed by atoms with Gasteiger partial charge in [-0.3, -0.25) is 4.98 Å². The van der Waals surface area contributed by atoms with Gasteiger partial charge in [-0.25, -0.2) is 0 Å². The van der Waals surface area contributed by atoms with Crippen molar-refractivity contribution in [2.24, 2.45) is 5.73 Å². The second-order valence-corrected chi connectivity index (χ2v) is 4.93. The monoisotopic (exact) mass is 280 g/mol. The van der Waals surface area contributed by atoms with Gasteiger partial charge in [0.05, 0.1) is 42.4 Å². The molecule has 5 heteroatoms. The van der Waals surface area contributed by atoms with E-state index in [1.54, 1.807) is 12.1 Å². The molecule has 1 aromatic heterocycles. The number of hydrogen-bond donors (Lipinski definition) is 1. The fraction of sp³-hybridized carbons (Fsp3) is 0.250. The van der Waals surface area contributed by atoms with Crippen LogP contribution in [-0.4, -0.2) is 30.9 Å². The van der Waals surface area contributed by atoms with Gasteiger partial charge in [0.15, 0.2) is 0 Å². The molecule has 21 heavy (non-hydrogen) atoms. The van der Waals surface area contributed by atoms with Gasteiger partial charge in [-0.1, -0.05) is 12.1 Å². The van der Waals surface area contributed by atoms with Crippen molar-refractivity contribution >= 4 is 5.69 Å². The van der Waals surface area contributed by atoms with Crippen molar-refractivity contribution in [1.29, 1.82) is 5.26 Å². The summed E-state index contributed by atoms with van der Waals surface area (Å²) < 4.78 is 5.33. The molecule has 2 N–H and O–H groups in total. The van der Waals surface area contributed by atoms with E-state index in [0.29, 0.717) is 18.8 Å². The molecule has 1 unspecified atom stereocenters. The van der Waals surface area contributed by atoms with Crippen molar-refractivity contribution in [3.8, 4) is 17.3 Å². The molecule has 0 amide bonds. The van der Waals surface area contributed by atoms with Gasteiger partial charge in [0.1, 0.15) is 6.17 Å². The Morgan fingerprint density at radius 1 is 1.24 bits per heavy atom. The van der Waals surface area contributed by atoms with Crippen LogP contribution in [0.1, 0.15) is 5.56 Å². The molecule has 5 nitrogen and oxygen atoms in total. The van der Waals surface area contributed by atoms with Crippen molar-refractivity contribution in [2.45, 2.75) is 6.17 Å². The molecule has 1 atom stereocenters. The lowest BCUT2D eigenvalue weighted by atomic mass is 10.1. The fourth-order valence-electron chi connectivity index (χ4n) is 2.39. The van der Waals surface area contributed by atoms with Crippen molar-refractivity contribution in [3.63, 3.8) is 0 Å². The minimum absolute atomic E-state index is 0.124. The Balaban J connectivity index is 1.81. The van der Waals surface area contributed by atoms with E-state index < -0.39 is 0 Å². The number of nitrogens with two attached hydrogens (primary N) is 1. The molecule has 1 aliphatic rings. The lowest BCUT2D eigenvalue weighted by molar-refractivity contribution is 0.0958. The van der Waals surface area contributed by atoms with Crippen molar-refractivity contribution < 1.29 is 4.74 Å². The van der Waals surface area contributed by atoms with Crippen LogP contribution in [0.2, 0.25) is 0 Å². The zero-order valence-corrected chi connectivity index (χ0v) is 11.6. The molecule has 1 aliphatic heterocycles. The average Bonchev–Trinajstić information content (AvgIpc) is 2.56. The number of benzene rings is 1. The number of ether oxygens (including phenoxy) is 1. The topological polar surface area (TPSA) is 75.2 Å². The van der Waals surface area contributed by atoms with E-state index in [9.17, 15) is 0 Å². The zero-order valence-electron chi connectivity index (χ0n) is 11.6. The van der Waals surface area contributed by atoms with Crippen LogP contribution in [0.15, 0.2) is 42.6 Å². The van der Waals surface area contributed by atoms with E-state index >= 15 is 0 Å². The summed E-state index contributed by atoms with van der Waals surface area (Å²) in [4.78, 5) is 6.59. The van der Waals surface area contributed by atoms with Crippen LogP contribution in [0, 0.1) is 11.3 Å². The molecule has 0 spiro atoms. The first-order chi connectivity index (χ1) is 10.3. The first-order valence-corrected chi connectivity index (χ1v) is 6.84. The molecule has 106 valence electrons. The molecule has 0 bridgehead atoms. The standard InChI is InChI=1S/C16H16N4O/c17-9-12-1-3-13(4-2-12)15-6-5-14(10-19-15)20-7-8-21-11-16(20)18/h1-6,10,16H,7-8,11,18H2. The maximum Gasteiger partial charge on any atom is 0.101 e. The highest BCUT2D eigenvalue weighted by atomic mass is 16.5. The molecule has 2 heterocycles. The van der Waals surface area contributed by atoms with Gasteiger partial charge >= 0.3 is 0 Å². The highest BCUT2D eigenvalue weighted by Gasteiger charge is 2.19. The van der Waals surface area contributed by atoms with Crippen LogP contribution in [0.25, 0.3) is 11.3 Å². The molecular weight excluding hydrogens is 264 g/mol. The lowest BCUT2D eigenvalue weighted by Crippen LogP contribution is -2.51. The first-order valence-electron chi connectivity index (χ1n) is 6.84. The van der Waals surface area contributed by atoms with Gasteiger partial charge in [0, 0.05) is 12.1 Å². The molecule has 0 saturated carbocycles. The van der Waals surface area contributed by atoms with Gasteiger partial charge < -0.3 is 15.4 Å². The lowest BCUT2D eigenvalue weighted by Gasteiger charge is -2.34. The summed E-state index contributed by atoms with van der Waals surface area (Å²) in [6.45, 7) is 2.00. The number of morpholine rings is 1. The zero-order chi connectivity index (χ0) is 14.7. The molecule has 3 rings (SSSR count). The second-order valence-electron chi connectivity index (χ2n) is 4.93. The highest BCUT2D eigenvalue weighted by Crippen LogP contribution is 2.22. The first kappa shape index (κ1) is 13.6. The van der Waals surface area contributed by atoms with Crippen LogP contribution in [0.5, 0.6) is 0 Å². The van der Waals surface area contributed by atoms with Crippen LogP contribution in [0.3, 0.4) is 0 Å². The van der Waals surface area contributed by atoms with Gasteiger partial charge in [-0.05, 0) is 24.3 Å². The predicted octanol–water partition coefficient (Wildman–Crippen LogP) is 1.74. The van der Waals surface area contributed by atoms with Crippen LogP contribution < -0.4 is 10.6 Å². The summed E-state index contributed by atoms with van der Waals surface area (Å²) in [7, 11) is 0. The van der Waals surface area contributed by atoms with Crippen LogP contribution in [-0.2, 0) is 4.74 Å². The van der Waals surface area contributed by atoms with Gasteiger partial charge in [0.25, 0.3) is 0 Å². The number of nitriles is 1. The Hall–Kier alpha value is -2.42. The van der Waals surface area contributed by atoms with Crippen LogP contribution in [0.4, 0.5) is 5.69 Å². The average molecular weight is 280 g/mol. The number of aromatic nitrogens is 1. The van der Waals surface area contributed by atoms with Gasteiger partial charge in [-0.2, -0.15) is 5.26 Å². The second kappa shape index (κ2) is 5.92. The van der Waals surface area contributed by atoms with Crippen molar-refractivity contribution in [3.05, 3.63) is 48.2 Å². The summed E-state index contributed by atoms with van der Waals surface area (Å²) in [5.41, 5.74) is 9.56. The number of pyridine rings is 1. The number of nitrogens with zero attached hydrogens (tertiary/aromatic N) is 3. The van der Waals surface area contributed by atoms with E-state index in [1.165, 1.54) is 0 Å². The number of anilines is 1. The molecule has 0 aliphatic carbocycles. The van der Waals surface area contributed by atoms with E-state index in [0.717, 1.165) is 23.5 Å². The quantitative estimate of drug-likeness (QED) is 0.907.